The summed E-state index contributed by atoms with van der Waals surface area (Å²) in [7, 11) is 1.43. The van der Waals surface area contributed by atoms with Crippen LogP contribution in [0.5, 0.6) is 0 Å². The number of halogens is 1. The molecule has 0 aliphatic rings. The summed E-state index contributed by atoms with van der Waals surface area (Å²) >= 11 is 0. The molecule has 166 valence electrons. The minimum Gasteiger partial charge on any atom is -0.469 e. The van der Waals surface area contributed by atoms with Crippen LogP contribution < -0.4 is 10.6 Å². The van der Waals surface area contributed by atoms with Crippen molar-refractivity contribution in [2.24, 2.45) is 4.99 Å². The van der Waals surface area contributed by atoms with Gasteiger partial charge in [0.25, 0.3) is 0 Å². The van der Waals surface area contributed by atoms with Gasteiger partial charge >= 0.3 is 5.97 Å². The molecule has 0 amide bonds. The van der Waals surface area contributed by atoms with Gasteiger partial charge in [-0.05, 0) is 37.0 Å². The van der Waals surface area contributed by atoms with E-state index in [4.69, 9.17) is 4.99 Å². The molecule has 0 saturated heterocycles. The minimum atomic E-state index is -0.127. The van der Waals surface area contributed by atoms with Gasteiger partial charge in [-0.25, -0.2) is 4.99 Å². The molecule has 2 N–H and O–H groups in total. The molecular formula is C22H34IN5O2. The number of aliphatic imine (C=N–C) groups is 1. The van der Waals surface area contributed by atoms with Crippen LogP contribution in [0, 0.1) is 0 Å². The van der Waals surface area contributed by atoms with E-state index in [2.05, 4.69) is 45.6 Å². The van der Waals surface area contributed by atoms with E-state index < -0.39 is 0 Å². The Hall–Kier alpha value is -2.10. The maximum atomic E-state index is 11.1. The lowest BCUT2D eigenvalue weighted by Crippen LogP contribution is -2.37. The Morgan fingerprint density at radius 3 is 2.57 bits per heavy atom. The number of methoxy groups -OCH3 is 1. The highest BCUT2D eigenvalue weighted by molar-refractivity contribution is 14.0. The number of aromatic nitrogens is 2. The zero-order valence-corrected chi connectivity index (χ0v) is 20.3. The maximum absolute atomic E-state index is 11.1. The minimum absolute atomic E-state index is 0. The molecule has 0 aliphatic carbocycles. The first-order valence-electron chi connectivity index (χ1n) is 10.4. The number of ether oxygens (including phenoxy) is 1. The van der Waals surface area contributed by atoms with Crippen LogP contribution >= 0.6 is 24.0 Å². The van der Waals surface area contributed by atoms with Crippen LogP contribution in [0.25, 0.3) is 0 Å². The average Bonchev–Trinajstić information content (AvgIpc) is 3.25. The number of hydrogen-bond donors (Lipinski definition) is 2. The predicted octanol–water partition coefficient (Wildman–Crippen LogP) is 3.73. The molecule has 1 aromatic carbocycles. The third-order valence-corrected chi connectivity index (χ3v) is 4.59. The van der Waals surface area contributed by atoms with Crippen molar-refractivity contribution in [3.8, 4) is 0 Å². The zero-order valence-electron chi connectivity index (χ0n) is 18.0. The van der Waals surface area contributed by atoms with E-state index in [0.29, 0.717) is 13.0 Å². The average molecular weight is 527 g/mol. The summed E-state index contributed by atoms with van der Waals surface area (Å²) < 4.78 is 6.58. The maximum Gasteiger partial charge on any atom is 0.305 e. The molecule has 0 saturated carbocycles. The lowest BCUT2D eigenvalue weighted by atomic mass is 10.1. The smallest absolute Gasteiger partial charge is 0.305 e. The summed E-state index contributed by atoms with van der Waals surface area (Å²) in [5.74, 6) is 0.702. The Labute approximate surface area is 196 Å². The fourth-order valence-electron chi connectivity index (χ4n) is 3.00. The topological polar surface area (TPSA) is 80.5 Å². The summed E-state index contributed by atoms with van der Waals surface area (Å²) in [4.78, 5) is 15.8. The third-order valence-electron chi connectivity index (χ3n) is 4.59. The lowest BCUT2D eigenvalue weighted by Gasteiger charge is -2.12. The zero-order chi connectivity index (χ0) is 20.7. The predicted molar refractivity (Wildman–Crippen MR) is 131 cm³/mol. The van der Waals surface area contributed by atoms with Crippen molar-refractivity contribution >= 4 is 35.9 Å². The molecule has 1 aromatic heterocycles. The summed E-state index contributed by atoms with van der Waals surface area (Å²) in [6.45, 7) is 5.11. The van der Waals surface area contributed by atoms with E-state index in [0.717, 1.165) is 51.3 Å². The van der Waals surface area contributed by atoms with E-state index in [1.165, 1.54) is 18.2 Å². The first-order valence-corrected chi connectivity index (χ1v) is 10.4. The van der Waals surface area contributed by atoms with Gasteiger partial charge in [-0.15, -0.1) is 24.0 Å². The molecule has 0 radical (unpaired) electrons. The quantitative estimate of drug-likeness (QED) is 0.145. The number of guanidine groups is 1. The van der Waals surface area contributed by atoms with E-state index in [1.807, 2.05) is 23.0 Å². The molecule has 2 aromatic rings. The van der Waals surface area contributed by atoms with Crippen LogP contribution in [-0.4, -0.2) is 41.9 Å². The second-order valence-corrected chi connectivity index (χ2v) is 6.83. The summed E-state index contributed by atoms with van der Waals surface area (Å²) in [5.41, 5.74) is 2.42. The van der Waals surface area contributed by atoms with Crippen molar-refractivity contribution in [2.45, 2.75) is 52.1 Å². The summed E-state index contributed by atoms with van der Waals surface area (Å²) in [6.07, 6.45) is 8.31. The molecule has 1 heterocycles. The largest absolute Gasteiger partial charge is 0.469 e. The molecule has 7 nitrogen and oxygen atoms in total. The molecule has 30 heavy (non-hydrogen) atoms. The van der Waals surface area contributed by atoms with Gasteiger partial charge in [-0.2, -0.15) is 5.10 Å². The number of esters is 1. The number of benzene rings is 1. The highest BCUT2D eigenvalue weighted by Crippen LogP contribution is 2.11. The van der Waals surface area contributed by atoms with Crippen LogP contribution in [0.2, 0.25) is 0 Å². The van der Waals surface area contributed by atoms with Gasteiger partial charge in [0.15, 0.2) is 5.96 Å². The molecule has 0 unspecified atom stereocenters. The SMILES string of the molecule is CCNC(=NCc1ccccc1Cn1cccn1)NCCCCCCC(=O)OC.I. The number of rotatable bonds is 12. The Balaban J connectivity index is 0.00000450. The molecule has 0 spiro atoms. The van der Waals surface area contributed by atoms with Crippen LogP contribution in [0.3, 0.4) is 0 Å². The summed E-state index contributed by atoms with van der Waals surface area (Å²) in [6, 6.07) is 10.3. The van der Waals surface area contributed by atoms with E-state index in [1.54, 1.807) is 6.20 Å². The molecule has 0 aliphatic heterocycles. The number of unbranched alkanes of at least 4 members (excludes halogenated alkanes) is 3. The van der Waals surface area contributed by atoms with E-state index in [-0.39, 0.29) is 29.9 Å². The Morgan fingerprint density at radius 1 is 1.10 bits per heavy atom. The number of nitrogens with zero attached hydrogens (tertiary/aromatic N) is 3. The van der Waals surface area contributed by atoms with Gasteiger partial charge in [-0.3, -0.25) is 9.48 Å². The van der Waals surface area contributed by atoms with Crippen LogP contribution in [0.1, 0.15) is 50.2 Å². The molecule has 8 heteroatoms. The Morgan fingerprint density at radius 2 is 1.87 bits per heavy atom. The van der Waals surface area contributed by atoms with Gasteiger partial charge in [0.05, 0.1) is 20.2 Å². The fraction of sp³-hybridized carbons (Fsp3) is 0.500. The van der Waals surface area contributed by atoms with Crippen molar-refractivity contribution in [2.75, 3.05) is 20.2 Å². The second kappa shape index (κ2) is 15.7. The van der Waals surface area contributed by atoms with Crippen molar-refractivity contribution in [3.63, 3.8) is 0 Å². The molecule has 2 rings (SSSR count). The Bertz CT molecular complexity index is 750. The van der Waals surface area contributed by atoms with Crippen LogP contribution in [0.15, 0.2) is 47.7 Å². The van der Waals surface area contributed by atoms with Crippen molar-refractivity contribution in [1.29, 1.82) is 0 Å². The lowest BCUT2D eigenvalue weighted by molar-refractivity contribution is -0.140. The first-order chi connectivity index (χ1) is 14.2. The Kier molecular flexibility index (Phi) is 13.6. The van der Waals surface area contributed by atoms with Crippen LogP contribution in [-0.2, 0) is 22.6 Å². The number of nitrogens with one attached hydrogen (secondary N) is 2. The fourth-order valence-corrected chi connectivity index (χ4v) is 3.00. The number of carbonyl (C=O) groups is 1. The van der Waals surface area contributed by atoms with Crippen molar-refractivity contribution < 1.29 is 9.53 Å². The van der Waals surface area contributed by atoms with Gasteiger partial charge in [0.1, 0.15) is 0 Å². The van der Waals surface area contributed by atoms with Crippen LogP contribution in [0.4, 0.5) is 0 Å². The summed E-state index contributed by atoms with van der Waals surface area (Å²) in [5, 5.41) is 11.0. The van der Waals surface area contributed by atoms with E-state index in [9.17, 15) is 4.79 Å². The number of carbonyl (C=O) groups excluding carboxylic acids is 1. The second-order valence-electron chi connectivity index (χ2n) is 6.83. The third kappa shape index (κ3) is 10.1. The monoisotopic (exact) mass is 527 g/mol. The highest BCUT2D eigenvalue weighted by atomic mass is 127. The van der Waals surface area contributed by atoms with Gasteiger partial charge < -0.3 is 15.4 Å². The molecule has 0 fully saturated rings. The first kappa shape index (κ1) is 25.9. The molecule has 0 bridgehead atoms. The van der Waals surface area contributed by atoms with Crippen molar-refractivity contribution in [3.05, 3.63) is 53.9 Å². The van der Waals surface area contributed by atoms with E-state index >= 15 is 0 Å². The van der Waals surface area contributed by atoms with Gasteiger partial charge in [0, 0.05) is 31.9 Å². The molecular weight excluding hydrogens is 493 g/mol. The van der Waals surface area contributed by atoms with Gasteiger partial charge in [0.2, 0.25) is 0 Å². The normalized spacial score (nSPS) is 10.9. The highest BCUT2D eigenvalue weighted by Gasteiger charge is 2.04. The standard InChI is InChI=1S/C22H33N5O2.HI/c1-3-23-22(24-14-9-5-4-6-13-21(28)29-2)25-17-19-11-7-8-12-20(19)18-27-16-10-15-26-27;/h7-8,10-12,15-16H,3-6,9,13-14,17-18H2,1-2H3,(H2,23,24,25);1H. The van der Waals surface area contributed by atoms with Crippen molar-refractivity contribution in [1.82, 2.24) is 20.4 Å². The molecule has 0 atom stereocenters. The number of hydrogen-bond acceptors (Lipinski definition) is 4. The van der Waals surface area contributed by atoms with Gasteiger partial charge in [-0.1, -0.05) is 37.1 Å².